The standard InChI is InChI=1S/C12H16ClNO4S2/c1-12(2)7-8-14(9-12)20(17,18)11-6-4-3-5-10(11)19(13,15)16/h3-6H,7-9H2,1-2H3. The van der Waals surface area contributed by atoms with Crippen LogP contribution in [-0.4, -0.2) is 34.2 Å². The van der Waals surface area contributed by atoms with Crippen molar-refractivity contribution in [1.82, 2.24) is 4.31 Å². The number of benzene rings is 1. The predicted octanol–water partition coefficient (Wildman–Crippen LogP) is 2.03. The van der Waals surface area contributed by atoms with Gasteiger partial charge in [-0.1, -0.05) is 26.0 Å². The minimum Gasteiger partial charge on any atom is -0.207 e. The summed E-state index contributed by atoms with van der Waals surface area (Å²) < 4.78 is 49.5. The molecule has 5 nitrogen and oxygen atoms in total. The molecule has 0 N–H and O–H groups in total. The lowest BCUT2D eigenvalue weighted by molar-refractivity contribution is 0.375. The van der Waals surface area contributed by atoms with E-state index in [1.54, 1.807) is 0 Å². The lowest BCUT2D eigenvalue weighted by atomic mass is 9.93. The molecule has 1 heterocycles. The first-order valence-electron chi connectivity index (χ1n) is 6.08. The second kappa shape index (κ2) is 4.98. The van der Waals surface area contributed by atoms with Crippen molar-refractivity contribution in [3.63, 3.8) is 0 Å². The molecule has 0 amide bonds. The van der Waals surface area contributed by atoms with Crippen LogP contribution in [0.4, 0.5) is 0 Å². The fourth-order valence-electron chi connectivity index (χ4n) is 2.27. The molecule has 20 heavy (non-hydrogen) atoms. The molecule has 1 aliphatic rings. The third-order valence-electron chi connectivity index (χ3n) is 3.37. The molecule has 1 aromatic rings. The van der Waals surface area contributed by atoms with Gasteiger partial charge in [0, 0.05) is 23.8 Å². The van der Waals surface area contributed by atoms with E-state index in [0.717, 1.165) is 6.42 Å². The highest BCUT2D eigenvalue weighted by molar-refractivity contribution is 8.14. The largest absolute Gasteiger partial charge is 0.262 e. The lowest BCUT2D eigenvalue weighted by Crippen LogP contribution is -2.31. The zero-order valence-corrected chi connectivity index (χ0v) is 13.6. The number of hydrogen-bond donors (Lipinski definition) is 0. The first-order valence-corrected chi connectivity index (χ1v) is 9.83. The first kappa shape index (κ1) is 15.8. The van der Waals surface area contributed by atoms with Crippen molar-refractivity contribution in [1.29, 1.82) is 0 Å². The number of nitrogens with zero attached hydrogens (tertiary/aromatic N) is 1. The van der Waals surface area contributed by atoms with E-state index in [4.69, 9.17) is 10.7 Å². The van der Waals surface area contributed by atoms with Crippen LogP contribution in [0.2, 0.25) is 0 Å². The van der Waals surface area contributed by atoms with E-state index >= 15 is 0 Å². The molecule has 8 heteroatoms. The fourth-order valence-corrected chi connectivity index (χ4v) is 5.71. The normalized spacial score (nSPS) is 20.1. The number of sulfonamides is 1. The van der Waals surface area contributed by atoms with Gasteiger partial charge in [0.25, 0.3) is 9.05 Å². The predicted molar refractivity (Wildman–Crippen MR) is 76.6 cm³/mol. The van der Waals surface area contributed by atoms with Crippen LogP contribution < -0.4 is 0 Å². The van der Waals surface area contributed by atoms with Gasteiger partial charge in [-0.15, -0.1) is 0 Å². The molecule has 112 valence electrons. The summed E-state index contributed by atoms with van der Waals surface area (Å²) in [5.41, 5.74) is -0.109. The van der Waals surface area contributed by atoms with Crippen molar-refractivity contribution in [2.75, 3.05) is 13.1 Å². The Bertz CT molecular complexity index is 726. The summed E-state index contributed by atoms with van der Waals surface area (Å²) >= 11 is 0. The van der Waals surface area contributed by atoms with E-state index in [-0.39, 0.29) is 15.2 Å². The summed E-state index contributed by atoms with van der Waals surface area (Å²) in [6, 6.07) is 5.41. The van der Waals surface area contributed by atoms with Crippen LogP contribution in [-0.2, 0) is 19.1 Å². The van der Waals surface area contributed by atoms with Gasteiger partial charge in [-0.2, -0.15) is 4.31 Å². The molecule has 0 radical (unpaired) electrons. The van der Waals surface area contributed by atoms with Crippen LogP contribution in [0.15, 0.2) is 34.1 Å². The summed E-state index contributed by atoms with van der Waals surface area (Å²) in [5.74, 6) is 0. The fraction of sp³-hybridized carbons (Fsp3) is 0.500. The van der Waals surface area contributed by atoms with Gasteiger partial charge in [-0.05, 0) is 24.0 Å². The molecule has 0 spiro atoms. The maximum atomic E-state index is 12.6. The highest BCUT2D eigenvalue weighted by Crippen LogP contribution is 2.34. The molecule has 2 rings (SSSR count). The lowest BCUT2D eigenvalue weighted by Gasteiger charge is -2.20. The van der Waals surface area contributed by atoms with Gasteiger partial charge in [0.15, 0.2) is 0 Å². The second-order valence-electron chi connectivity index (χ2n) is 5.64. The Morgan fingerprint density at radius 3 is 2.10 bits per heavy atom. The summed E-state index contributed by atoms with van der Waals surface area (Å²) in [6.07, 6.45) is 0.738. The van der Waals surface area contributed by atoms with E-state index in [1.165, 1.54) is 28.6 Å². The van der Waals surface area contributed by atoms with Crippen molar-refractivity contribution in [2.24, 2.45) is 5.41 Å². The Hall–Kier alpha value is -0.630. The molecule has 1 aliphatic heterocycles. The van der Waals surface area contributed by atoms with E-state index in [2.05, 4.69) is 0 Å². The highest BCUT2D eigenvalue weighted by Gasteiger charge is 2.38. The third-order valence-corrected chi connectivity index (χ3v) is 6.78. The van der Waals surface area contributed by atoms with Crippen molar-refractivity contribution < 1.29 is 16.8 Å². The van der Waals surface area contributed by atoms with Gasteiger partial charge < -0.3 is 0 Å². The van der Waals surface area contributed by atoms with E-state index < -0.39 is 19.1 Å². The van der Waals surface area contributed by atoms with Gasteiger partial charge in [0.05, 0.1) is 0 Å². The Kier molecular flexibility index (Phi) is 3.92. The summed E-state index contributed by atoms with van der Waals surface area (Å²) in [7, 11) is -2.64. The smallest absolute Gasteiger partial charge is 0.207 e. The molecule has 0 unspecified atom stereocenters. The van der Waals surface area contributed by atoms with E-state index in [0.29, 0.717) is 13.1 Å². The third kappa shape index (κ3) is 3.00. The van der Waals surface area contributed by atoms with Crippen LogP contribution in [0, 0.1) is 5.41 Å². The van der Waals surface area contributed by atoms with Gasteiger partial charge in [0.2, 0.25) is 10.0 Å². The minimum atomic E-state index is -4.11. The highest BCUT2D eigenvalue weighted by atomic mass is 35.7. The monoisotopic (exact) mass is 337 g/mol. The van der Waals surface area contributed by atoms with Crippen LogP contribution in [0.25, 0.3) is 0 Å². The van der Waals surface area contributed by atoms with Gasteiger partial charge in [0.1, 0.15) is 9.79 Å². The number of halogens is 1. The summed E-state index contributed by atoms with van der Waals surface area (Å²) in [6.45, 7) is 4.71. The topological polar surface area (TPSA) is 71.5 Å². The van der Waals surface area contributed by atoms with E-state index in [1.807, 2.05) is 13.8 Å². The van der Waals surface area contributed by atoms with Crippen molar-refractivity contribution in [3.05, 3.63) is 24.3 Å². The van der Waals surface area contributed by atoms with Crippen LogP contribution in [0.1, 0.15) is 20.3 Å². The number of rotatable bonds is 3. The minimum absolute atomic E-state index is 0.109. The molecule has 1 aromatic carbocycles. The Morgan fingerprint density at radius 1 is 1.10 bits per heavy atom. The molecular weight excluding hydrogens is 322 g/mol. The Balaban J connectivity index is 2.52. The van der Waals surface area contributed by atoms with Gasteiger partial charge >= 0.3 is 0 Å². The molecule has 0 bridgehead atoms. The molecular formula is C12H16ClNO4S2. The molecule has 1 fully saturated rings. The van der Waals surface area contributed by atoms with Crippen molar-refractivity contribution in [3.8, 4) is 0 Å². The maximum absolute atomic E-state index is 12.6. The Morgan fingerprint density at radius 2 is 1.65 bits per heavy atom. The summed E-state index contributed by atoms with van der Waals surface area (Å²) in [5, 5.41) is 0. The van der Waals surface area contributed by atoms with Crippen molar-refractivity contribution >= 4 is 29.8 Å². The van der Waals surface area contributed by atoms with Crippen LogP contribution >= 0.6 is 10.7 Å². The SMILES string of the molecule is CC1(C)CCN(S(=O)(=O)c2ccccc2S(=O)(=O)Cl)C1. The zero-order valence-electron chi connectivity index (χ0n) is 11.2. The average Bonchev–Trinajstić information content (AvgIpc) is 2.69. The molecule has 0 aromatic heterocycles. The quantitative estimate of drug-likeness (QED) is 0.791. The number of hydrogen-bond acceptors (Lipinski definition) is 4. The molecule has 0 atom stereocenters. The van der Waals surface area contributed by atoms with E-state index in [9.17, 15) is 16.8 Å². The molecule has 0 saturated carbocycles. The summed E-state index contributed by atoms with van der Waals surface area (Å²) in [4.78, 5) is -0.626. The maximum Gasteiger partial charge on any atom is 0.262 e. The first-order chi connectivity index (χ1) is 9.04. The van der Waals surface area contributed by atoms with Crippen molar-refractivity contribution in [2.45, 2.75) is 30.1 Å². The van der Waals surface area contributed by atoms with Gasteiger partial charge in [-0.3, -0.25) is 0 Å². The zero-order chi connectivity index (χ0) is 15.2. The average molecular weight is 338 g/mol. The van der Waals surface area contributed by atoms with Gasteiger partial charge in [-0.25, -0.2) is 16.8 Å². The van der Waals surface area contributed by atoms with Crippen LogP contribution in [0.5, 0.6) is 0 Å². The second-order valence-corrected chi connectivity index (χ2v) is 10.1. The molecule has 1 saturated heterocycles. The van der Waals surface area contributed by atoms with Crippen LogP contribution in [0.3, 0.4) is 0 Å². The molecule has 0 aliphatic carbocycles. The Labute approximate surface area is 124 Å².